The van der Waals surface area contributed by atoms with E-state index in [-0.39, 0.29) is 18.2 Å². The second-order valence-electron chi connectivity index (χ2n) is 9.41. The minimum absolute atomic E-state index is 0.154. The van der Waals surface area contributed by atoms with Crippen LogP contribution in [-0.2, 0) is 11.3 Å². The third-order valence-corrected chi connectivity index (χ3v) is 6.29. The predicted octanol–water partition coefficient (Wildman–Crippen LogP) is 5.14. The van der Waals surface area contributed by atoms with Crippen LogP contribution >= 0.6 is 11.6 Å². The SMILES string of the molecule is CC(C)(C)OC(=O)N1CCC[C@@H]1[C@@H]1CCCCN1Cc1nc(-c2ccccc2Cl)no1. The van der Waals surface area contributed by atoms with Gasteiger partial charge < -0.3 is 14.2 Å². The molecule has 2 saturated heterocycles. The van der Waals surface area contributed by atoms with E-state index in [9.17, 15) is 4.79 Å². The van der Waals surface area contributed by atoms with Crippen LogP contribution in [0.1, 0.15) is 58.8 Å². The Hall–Kier alpha value is -2.12. The molecule has 1 aromatic heterocycles. The van der Waals surface area contributed by atoms with E-state index >= 15 is 0 Å². The van der Waals surface area contributed by atoms with Gasteiger partial charge in [0.2, 0.25) is 11.7 Å². The van der Waals surface area contributed by atoms with Crippen molar-refractivity contribution >= 4 is 17.7 Å². The Balaban J connectivity index is 1.48. The molecule has 2 aliphatic rings. The average molecular weight is 447 g/mol. The number of nitrogens with zero attached hydrogens (tertiary/aromatic N) is 4. The monoisotopic (exact) mass is 446 g/mol. The van der Waals surface area contributed by atoms with Crippen molar-refractivity contribution in [3.8, 4) is 11.4 Å². The Kier molecular flexibility index (Phi) is 6.53. The number of hydrogen-bond acceptors (Lipinski definition) is 6. The first-order valence-corrected chi connectivity index (χ1v) is 11.5. The van der Waals surface area contributed by atoms with Gasteiger partial charge in [-0.3, -0.25) is 4.90 Å². The zero-order chi connectivity index (χ0) is 22.0. The first-order valence-electron chi connectivity index (χ1n) is 11.1. The maximum Gasteiger partial charge on any atom is 0.410 e. The highest BCUT2D eigenvalue weighted by Gasteiger charge is 2.40. The molecule has 0 aliphatic carbocycles. The highest BCUT2D eigenvalue weighted by molar-refractivity contribution is 6.33. The van der Waals surface area contributed by atoms with Crippen molar-refractivity contribution in [3.05, 3.63) is 35.2 Å². The summed E-state index contributed by atoms with van der Waals surface area (Å²) in [5.74, 6) is 1.08. The van der Waals surface area contributed by atoms with Crippen LogP contribution < -0.4 is 0 Å². The molecule has 4 rings (SSSR count). The molecule has 0 unspecified atom stereocenters. The maximum absolute atomic E-state index is 12.8. The van der Waals surface area contributed by atoms with Gasteiger partial charge in [0.05, 0.1) is 17.6 Å². The van der Waals surface area contributed by atoms with E-state index in [4.69, 9.17) is 20.9 Å². The van der Waals surface area contributed by atoms with Gasteiger partial charge >= 0.3 is 6.09 Å². The number of carbonyl (C=O) groups is 1. The number of likely N-dealkylation sites (tertiary alicyclic amines) is 2. The highest BCUT2D eigenvalue weighted by Crippen LogP contribution is 2.32. The first kappa shape index (κ1) is 22.1. The summed E-state index contributed by atoms with van der Waals surface area (Å²) in [4.78, 5) is 21.7. The fraction of sp³-hybridized carbons (Fsp3) is 0.609. The molecule has 2 aromatic rings. The maximum atomic E-state index is 12.8. The van der Waals surface area contributed by atoms with Crippen molar-refractivity contribution in [2.24, 2.45) is 0 Å². The molecule has 8 heteroatoms. The number of carbonyl (C=O) groups excluding carboxylic acids is 1. The van der Waals surface area contributed by atoms with Crippen LogP contribution in [0.3, 0.4) is 0 Å². The number of aromatic nitrogens is 2. The van der Waals surface area contributed by atoms with Crippen molar-refractivity contribution < 1.29 is 14.1 Å². The van der Waals surface area contributed by atoms with Crippen molar-refractivity contribution in [1.82, 2.24) is 19.9 Å². The number of halogens is 1. The molecule has 1 aromatic carbocycles. The molecule has 2 fully saturated rings. The zero-order valence-corrected chi connectivity index (χ0v) is 19.3. The van der Waals surface area contributed by atoms with Crippen molar-refractivity contribution in [2.75, 3.05) is 13.1 Å². The lowest BCUT2D eigenvalue weighted by Gasteiger charge is -2.41. The lowest BCUT2D eigenvalue weighted by Crippen LogP contribution is -2.53. The molecular weight excluding hydrogens is 416 g/mol. The fourth-order valence-corrected chi connectivity index (χ4v) is 4.85. The molecule has 1 amide bonds. The molecule has 3 heterocycles. The molecule has 7 nitrogen and oxygen atoms in total. The molecule has 0 saturated carbocycles. The van der Waals surface area contributed by atoms with E-state index in [0.29, 0.717) is 23.3 Å². The Morgan fingerprint density at radius 3 is 2.71 bits per heavy atom. The van der Waals surface area contributed by atoms with Crippen LogP contribution in [0.4, 0.5) is 4.79 Å². The largest absolute Gasteiger partial charge is 0.444 e. The second kappa shape index (κ2) is 9.17. The van der Waals surface area contributed by atoms with Crippen LogP contribution in [0.15, 0.2) is 28.8 Å². The van der Waals surface area contributed by atoms with Gasteiger partial charge in [-0.15, -0.1) is 0 Å². The summed E-state index contributed by atoms with van der Waals surface area (Å²) < 4.78 is 11.2. The normalized spacial score (nSPS) is 22.6. The third kappa shape index (κ3) is 5.21. The van der Waals surface area contributed by atoms with Crippen LogP contribution in [0.5, 0.6) is 0 Å². The molecule has 2 atom stereocenters. The second-order valence-corrected chi connectivity index (χ2v) is 9.82. The van der Waals surface area contributed by atoms with Crippen molar-refractivity contribution in [3.63, 3.8) is 0 Å². The van der Waals surface area contributed by atoms with Crippen molar-refractivity contribution in [1.29, 1.82) is 0 Å². The summed E-state index contributed by atoms with van der Waals surface area (Å²) >= 11 is 6.28. The van der Waals surface area contributed by atoms with Gasteiger partial charge in [-0.25, -0.2) is 4.79 Å². The van der Waals surface area contributed by atoms with Gasteiger partial charge in [-0.2, -0.15) is 4.98 Å². The number of amides is 1. The molecule has 0 radical (unpaired) electrons. The minimum atomic E-state index is -0.491. The molecule has 2 aliphatic heterocycles. The molecule has 0 spiro atoms. The number of piperidine rings is 1. The quantitative estimate of drug-likeness (QED) is 0.647. The van der Waals surface area contributed by atoms with E-state index in [2.05, 4.69) is 15.0 Å². The number of rotatable bonds is 4. The number of benzene rings is 1. The van der Waals surface area contributed by atoms with Crippen molar-refractivity contribution in [2.45, 2.75) is 77.1 Å². The van der Waals surface area contributed by atoms with Gasteiger partial charge in [0.15, 0.2) is 0 Å². The zero-order valence-electron chi connectivity index (χ0n) is 18.5. The Labute approximate surface area is 188 Å². The van der Waals surface area contributed by atoms with E-state index in [1.54, 1.807) is 0 Å². The van der Waals surface area contributed by atoms with Gasteiger partial charge in [-0.1, -0.05) is 35.3 Å². The average Bonchev–Trinajstić information content (AvgIpc) is 3.37. The van der Waals surface area contributed by atoms with Crippen LogP contribution in [0.25, 0.3) is 11.4 Å². The van der Waals surface area contributed by atoms with Gasteiger partial charge in [0.1, 0.15) is 5.60 Å². The van der Waals surface area contributed by atoms with Gasteiger partial charge in [0, 0.05) is 18.2 Å². The summed E-state index contributed by atoms with van der Waals surface area (Å²) in [6.45, 7) is 8.01. The van der Waals surface area contributed by atoms with E-state index in [1.165, 1.54) is 0 Å². The summed E-state index contributed by atoms with van der Waals surface area (Å²) in [5, 5.41) is 4.74. The van der Waals surface area contributed by atoms with Crippen LogP contribution in [0.2, 0.25) is 5.02 Å². The number of hydrogen-bond donors (Lipinski definition) is 0. The molecule has 0 N–H and O–H groups in total. The van der Waals surface area contributed by atoms with Crippen LogP contribution in [-0.4, -0.2) is 56.8 Å². The van der Waals surface area contributed by atoms with E-state index < -0.39 is 5.60 Å². The summed E-state index contributed by atoms with van der Waals surface area (Å²) in [5.41, 5.74) is 0.274. The first-order chi connectivity index (χ1) is 14.8. The molecule has 168 valence electrons. The van der Waals surface area contributed by atoms with Crippen LogP contribution in [0, 0.1) is 0 Å². The highest BCUT2D eigenvalue weighted by atomic mass is 35.5. The van der Waals surface area contributed by atoms with E-state index in [0.717, 1.165) is 50.8 Å². The topological polar surface area (TPSA) is 71.7 Å². The lowest BCUT2D eigenvalue weighted by atomic mass is 9.94. The number of ether oxygens (including phenoxy) is 1. The Bertz CT molecular complexity index is 910. The third-order valence-electron chi connectivity index (χ3n) is 5.96. The minimum Gasteiger partial charge on any atom is -0.444 e. The predicted molar refractivity (Wildman–Crippen MR) is 119 cm³/mol. The Morgan fingerprint density at radius 2 is 1.94 bits per heavy atom. The molecule has 0 bridgehead atoms. The lowest BCUT2D eigenvalue weighted by molar-refractivity contribution is 0.00514. The standard InChI is InChI=1S/C23H31ClN4O3/c1-23(2,3)30-22(29)28-14-8-12-19(28)18-11-6-7-13-27(18)15-20-25-21(26-31-20)16-9-4-5-10-17(16)24/h4-5,9-10,18-19H,6-8,11-15H2,1-3H3/t18-,19+/m0/s1. The smallest absolute Gasteiger partial charge is 0.410 e. The molecular formula is C23H31ClN4O3. The summed E-state index contributed by atoms with van der Waals surface area (Å²) in [6.07, 6.45) is 5.13. The fourth-order valence-electron chi connectivity index (χ4n) is 4.63. The summed E-state index contributed by atoms with van der Waals surface area (Å²) in [7, 11) is 0. The summed E-state index contributed by atoms with van der Waals surface area (Å²) in [6, 6.07) is 7.91. The molecule has 31 heavy (non-hydrogen) atoms. The Morgan fingerprint density at radius 1 is 1.16 bits per heavy atom. The van der Waals surface area contributed by atoms with Gasteiger partial charge in [0.25, 0.3) is 0 Å². The van der Waals surface area contributed by atoms with Gasteiger partial charge in [-0.05, 0) is 65.1 Å². The van der Waals surface area contributed by atoms with E-state index in [1.807, 2.05) is 49.9 Å².